The van der Waals surface area contributed by atoms with Gasteiger partial charge in [0, 0.05) is 11.5 Å². The highest BCUT2D eigenvalue weighted by Gasteiger charge is 2.32. The Bertz CT molecular complexity index is 1150. The maximum Gasteiger partial charge on any atom is 0.219 e. The van der Waals surface area contributed by atoms with Crippen molar-refractivity contribution in [2.75, 3.05) is 0 Å². The Morgan fingerprint density at radius 1 is 0.871 bits per heavy atom. The van der Waals surface area contributed by atoms with Crippen molar-refractivity contribution in [2.24, 2.45) is 5.92 Å². The first-order valence-corrected chi connectivity index (χ1v) is 10.2. The molecule has 2 aromatic carbocycles. The Kier molecular flexibility index (Phi) is 6.93. The minimum Gasteiger partial charge on any atom is -0.483 e. The van der Waals surface area contributed by atoms with Gasteiger partial charge in [-0.3, -0.25) is 14.4 Å². The molecule has 160 valence electrons. The number of hydrogen-bond acceptors (Lipinski definition) is 6. The van der Waals surface area contributed by atoms with Crippen LogP contribution in [0.3, 0.4) is 0 Å². The third kappa shape index (κ3) is 5.40. The maximum atomic E-state index is 12.4. The number of aromatic nitrogens is 1. The number of ether oxygens (including phenoxy) is 2. The monoisotopic (exact) mass is 459 g/mol. The normalized spacial score (nSPS) is 11.9. The maximum absolute atomic E-state index is 12.4. The number of carbonyl (C=O) groups excluding carboxylic acids is 3. The van der Waals surface area contributed by atoms with E-state index in [4.69, 9.17) is 32.7 Å². The molecule has 0 saturated carbocycles. The SMILES string of the molecule is CC(=O)C(C(C)=O)C(=O)C(C)Oc1ccc(Oc2ccc3cc(Cl)c(Cl)cc3n2)cc1. The van der Waals surface area contributed by atoms with Crippen molar-refractivity contribution in [3.8, 4) is 17.4 Å². The minimum absolute atomic E-state index is 0.369. The van der Waals surface area contributed by atoms with Crippen molar-refractivity contribution in [3.05, 3.63) is 58.6 Å². The van der Waals surface area contributed by atoms with Crippen LogP contribution in [0.1, 0.15) is 20.8 Å². The number of hydrogen-bond donors (Lipinski definition) is 0. The molecule has 0 aliphatic carbocycles. The van der Waals surface area contributed by atoms with Crippen molar-refractivity contribution in [3.63, 3.8) is 0 Å². The van der Waals surface area contributed by atoms with Gasteiger partial charge in [0.2, 0.25) is 5.88 Å². The van der Waals surface area contributed by atoms with Crippen LogP contribution in [-0.2, 0) is 14.4 Å². The van der Waals surface area contributed by atoms with Crippen LogP contribution >= 0.6 is 23.2 Å². The lowest BCUT2D eigenvalue weighted by Crippen LogP contribution is -2.37. The fourth-order valence-corrected chi connectivity index (χ4v) is 3.38. The number of nitrogens with zero attached hydrogens (tertiary/aromatic N) is 1. The van der Waals surface area contributed by atoms with Crippen LogP contribution in [0.4, 0.5) is 0 Å². The third-order valence-electron chi connectivity index (χ3n) is 4.56. The van der Waals surface area contributed by atoms with Crippen molar-refractivity contribution in [1.29, 1.82) is 0 Å². The Hall–Kier alpha value is -2.96. The summed E-state index contributed by atoms with van der Waals surface area (Å²) in [7, 11) is 0. The summed E-state index contributed by atoms with van der Waals surface area (Å²) < 4.78 is 11.4. The number of benzene rings is 2. The van der Waals surface area contributed by atoms with Crippen molar-refractivity contribution < 1.29 is 23.9 Å². The van der Waals surface area contributed by atoms with E-state index in [1.165, 1.54) is 20.8 Å². The van der Waals surface area contributed by atoms with E-state index in [1.807, 2.05) is 6.07 Å². The van der Waals surface area contributed by atoms with E-state index in [0.29, 0.717) is 32.9 Å². The molecule has 3 rings (SSSR count). The largest absolute Gasteiger partial charge is 0.483 e. The summed E-state index contributed by atoms with van der Waals surface area (Å²) in [5, 5.41) is 1.69. The summed E-state index contributed by atoms with van der Waals surface area (Å²) in [5.41, 5.74) is 0.643. The van der Waals surface area contributed by atoms with Crippen LogP contribution in [0.2, 0.25) is 10.0 Å². The molecule has 0 aliphatic rings. The lowest BCUT2D eigenvalue weighted by Gasteiger charge is -2.17. The smallest absolute Gasteiger partial charge is 0.219 e. The van der Waals surface area contributed by atoms with E-state index < -0.39 is 29.4 Å². The van der Waals surface area contributed by atoms with E-state index in [9.17, 15) is 14.4 Å². The first-order chi connectivity index (χ1) is 14.7. The number of rotatable bonds is 8. The molecule has 0 bridgehead atoms. The number of Topliss-reactive ketones (excluding diaryl/α,β-unsaturated/α-hetero) is 3. The summed E-state index contributed by atoms with van der Waals surface area (Å²) in [6.45, 7) is 3.93. The van der Waals surface area contributed by atoms with Gasteiger partial charge in [-0.1, -0.05) is 23.2 Å². The van der Waals surface area contributed by atoms with Crippen LogP contribution in [0.15, 0.2) is 48.5 Å². The minimum atomic E-state index is -1.31. The number of carbonyl (C=O) groups is 3. The van der Waals surface area contributed by atoms with Crippen molar-refractivity contribution >= 4 is 51.5 Å². The topological polar surface area (TPSA) is 82.6 Å². The quantitative estimate of drug-likeness (QED) is 0.415. The van der Waals surface area contributed by atoms with E-state index in [0.717, 1.165) is 5.39 Å². The molecule has 6 nitrogen and oxygen atoms in total. The Balaban J connectivity index is 1.69. The molecule has 31 heavy (non-hydrogen) atoms. The van der Waals surface area contributed by atoms with Gasteiger partial charge < -0.3 is 9.47 Å². The van der Waals surface area contributed by atoms with Gasteiger partial charge in [0.05, 0.1) is 15.6 Å². The molecular weight excluding hydrogens is 441 g/mol. The molecule has 0 aliphatic heterocycles. The Morgan fingerprint density at radius 3 is 2.06 bits per heavy atom. The average Bonchev–Trinajstić information content (AvgIpc) is 2.70. The van der Waals surface area contributed by atoms with E-state index in [-0.39, 0.29) is 0 Å². The predicted molar refractivity (Wildman–Crippen MR) is 118 cm³/mol. The van der Waals surface area contributed by atoms with Gasteiger partial charge in [0.25, 0.3) is 0 Å². The van der Waals surface area contributed by atoms with Crippen molar-refractivity contribution in [1.82, 2.24) is 4.98 Å². The second-order valence-corrected chi connectivity index (χ2v) is 7.81. The zero-order chi connectivity index (χ0) is 22.7. The molecule has 1 heterocycles. The van der Waals surface area contributed by atoms with Gasteiger partial charge in [-0.25, -0.2) is 4.98 Å². The van der Waals surface area contributed by atoms with Crippen LogP contribution in [-0.4, -0.2) is 28.4 Å². The van der Waals surface area contributed by atoms with Crippen LogP contribution in [0.5, 0.6) is 17.4 Å². The van der Waals surface area contributed by atoms with Gasteiger partial charge in [-0.05, 0) is 63.2 Å². The summed E-state index contributed by atoms with van der Waals surface area (Å²) in [4.78, 5) is 40.0. The zero-order valence-electron chi connectivity index (χ0n) is 17.0. The molecule has 1 unspecified atom stereocenters. The summed E-state index contributed by atoms with van der Waals surface area (Å²) in [6.07, 6.45) is -0.955. The lowest BCUT2D eigenvalue weighted by molar-refractivity contribution is -0.141. The van der Waals surface area contributed by atoms with E-state index in [1.54, 1.807) is 42.5 Å². The highest BCUT2D eigenvalue weighted by atomic mass is 35.5. The highest BCUT2D eigenvalue weighted by molar-refractivity contribution is 6.42. The molecule has 0 spiro atoms. The molecule has 1 aromatic heterocycles. The fraction of sp³-hybridized carbons (Fsp3) is 0.217. The molecule has 0 fully saturated rings. The Morgan fingerprint density at radius 2 is 1.45 bits per heavy atom. The predicted octanol–water partition coefficient (Wildman–Crippen LogP) is 5.46. The van der Waals surface area contributed by atoms with Crippen LogP contribution in [0, 0.1) is 5.92 Å². The standard InChI is InChI=1S/C23H19Cl2NO5/c1-12(27)22(13(2)28)23(29)14(3)30-16-5-7-17(8-6-16)31-21-9-4-15-10-18(24)19(25)11-20(15)26-21/h4-11,14,22H,1-3H3. The first kappa shape index (κ1) is 22.7. The fourth-order valence-electron chi connectivity index (χ4n) is 3.05. The van der Waals surface area contributed by atoms with Gasteiger partial charge in [0.15, 0.2) is 11.9 Å². The molecular formula is C23H19Cl2NO5. The average molecular weight is 460 g/mol. The molecule has 0 radical (unpaired) electrons. The number of fused-ring (bicyclic) bond motifs is 1. The molecule has 0 saturated heterocycles. The number of ketones is 3. The second-order valence-electron chi connectivity index (χ2n) is 7.00. The molecule has 0 amide bonds. The molecule has 0 N–H and O–H groups in total. The van der Waals surface area contributed by atoms with Gasteiger partial charge >= 0.3 is 0 Å². The van der Waals surface area contributed by atoms with E-state index in [2.05, 4.69) is 4.98 Å². The first-order valence-electron chi connectivity index (χ1n) is 9.40. The van der Waals surface area contributed by atoms with Gasteiger partial charge in [-0.15, -0.1) is 0 Å². The Labute approximate surface area is 189 Å². The summed E-state index contributed by atoms with van der Waals surface area (Å²) >= 11 is 12.1. The van der Waals surface area contributed by atoms with Gasteiger partial charge in [-0.2, -0.15) is 0 Å². The number of halogens is 2. The second kappa shape index (κ2) is 9.45. The number of pyridine rings is 1. The van der Waals surface area contributed by atoms with Crippen LogP contribution < -0.4 is 9.47 Å². The molecule has 3 aromatic rings. The summed E-state index contributed by atoms with van der Waals surface area (Å²) in [5.74, 6) is -1.60. The molecule has 1 atom stereocenters. The van der Waals surface area contributed by atoms with E-state index >= 15 is 0 Å². The van der Waals surface area contributed by atoms with Crippen LogP contribution in [0.25, 0.3) is 10.9 Å². The third-order valence-corrected chi connectivity index (χ3v) is 5.29. The van der Waals surface area contributed by atoms with Crippen molar-refractivity contribution in [2.45, 2.75) is 26.9 Å². The highest BCUT2D eigenvalue weighted by Crippen LogP contribution is 2.30. The molecule has 8 heteroatoms. The zero-order valence-corrected chi connectivity index (χ0v) is 18.5. The lowest BCUT2D eigenvalue weighted by atomic mass is 9.93. The summed E-state index contributed by atoms with van der Waals surface area (Å²) in [6, 6.07) is 13.5. The van der Waals surface area contributed by atoms with Gasteiger partial charge in [0.1, 0.15) is 29.0 Å².